The van der Waals surface area contributed by atoms with Gasteiger partial charge in [-0.3, -0.25) is 4.55 Å². The third-order valence-corrected chi connectivity index (χ3v) is 2.57. The predicted octanol–water partition coefficient (Wildman–Crippen LogP) is 0.462. The molecule has 0 saturated carbocycles. The molecule has 1 aromatic carbocycles. The van der Waals surface area contributed by atoms with Crippen molar-refractivity contribution < 1.29 is 22.5 Å². The van der Waals surface area contributed by atoms with Crippen LogP contribution in [-0.4, -0.2) is 44.4 Å². The molecule has 1 aromatic rings. The van der Waals surface area contributed by atoms with Gasteiger partial charge in [-0.1, -0.05) is 12.1 Å². The SMILES string of the molecule is CCOC(=O)c1ccccc1S(=O)(=O)O.[LiH]. The van der Waals surface area contributed by atoms with Gasteiger partial charge in [0.2, 0.25) is 0 Å². The Morgan fingerprint density at radius 2 is 1.94 bits per heavy atom. The maximum atomic E-state index is 11.3. The maximum absolute atomic E-state index is 11.3. The van der Waals surface area contributed by atoms with E-state index in [1.165, 1.54) is 18.2 Å². The summed E-state index contributed by atoms with van der Waals surface area (Å²) < 4.78 is 35.3. The summed E-state index contributed by atoms with van der Waals surface area (Å²) in [5, 5.41) is 0. The van der Waals surface area contributed by atoms with Crippen LogP contribution in [0.3, 0.4) is 0 Å². The van der Waals surface area contributed by atoms with Gasteiger partial charge in [-0.25, -0.2) is 4.79 Å². The number of rotatable bonds is 3. The molecule has 0 aromatic heterocycles. The van der Waals surface area contributed by atoms with Crippen LogP contribution >= 0.6 is 0 Å². The van der Waals surface area contributed by atoms with E-state index >= 15 is 0 Å². The van der Waals surface area contributed by atoms with Crippen molar-refractivity contribution in [1.82, 2.24) is 0 Å². The number of hydrogen-bond donors (Lipinski definition) is 1. The quantitative estimate of drug-likeness (QED) is 0.470. The number of benzene rings is 1. The van der Waals surface area contributed by atoms with Gasteiger partial charge < -0.3 is 4.74 Å². The van der Waals surface area contributed by atoms with Gasteiger partial charge in [0.25, 0.3) is 10.1 Å². The summed E-state index contributed by atoms with van der Waals surface area (Å²) in [6.07, 6.45) is 0. The van der Waals surface area contributed by atoms with E-state index in [4.69, 9.17) is 4.55 Å². The van der Waals surface area contributed by atoms with Crippen molar-refractivity contribution in [3.8, 4) is 0 Å². The van der Waals surface area contributed by atoms with Gasteiger partial charge >= 0.3 is 24.8 Å². The van der Waals surface area contributed by atoms with Crippen LogP contribution in [0.5, 0.6) is 0 Å². The van der Waals surface area contributed by atoms with E-state index in [0.717, 1.165) is 6.07 Å². The Balaban J connectivity index is 0.00000225. The van der Waals surface area contributed by atoms with Crippen LogP contribution in [-0.2, 0) is 14.9 Å². The van der Waals surface area contributed by atoms with Crippen LogP contribution in [0.15, 0.2) is 29.2 Å². The second-order valence-electron chi connectivity index (χ2n) is 2.69. The molecule has 0 radical (unpaired) electrons. The van der Waals surface area contributed by atoms with Crippen molar-refractivity contribution in [2.24, 2.45) is 0 Å². The molecule has 1 rings (SSSR count). The van der Waals surface area contributed by atoms with Gasteiger partial charge in [0.15, 0.2) is 0 Å². The molecule has 0 atom stereocenters. The molecule has 0 heterocycles. The van der Waals surface area contributed by atoms with Gasteiger partial charge in [0, 0.05) is 0 Å². The first-order valence-electron chi connectivity index (χ1n) is 4.20. The summed E-state index contributed by atoms with van der Waals surface area (Å²) in [7, 11) is -4.40. The zero-order valence-corrected chi connectivity index (χ0v) is 8.82. The summed E-state index contributed by atoms with van der Waals surface area (Å²) >= 11 is 0. The second kappa shape index (κ2) is 6.06. The van der Waals surface area contributed by atoms with Gasteiger partial charge in [-0.05, 0) is 19.1 Å². The number of carbonyl (C=O) groups is 1. The summed E-state index contributed by atoms with van der Waals surface area (Å²) in [5.74, 6) is -0.772. The fraction of sp³-hybridized carbons (Fsp3) is 0.222. The molecule has 0 amide bonds. The molecule has 0 aliphatic heterocycles. The van der Waals surface area contributed by atoms with Crippen LogP contribution in [0.25, 0.3) is 0 Å². The van der Waals surface area contributed by atoms with E-state index in [-0.39, 0.29) is 31.0 Å². The first-order valence-corrected chi connectivity index (χ1v) is 5.64. The standard InChI is InChI=1S/C9H10O5S.Li.H/c1-2-14-9(10)7-5-3-4-6-8(7)15(11,12)13;;/h3-6H,2H2,1H3,(H,11,12,13);;. The fourth-order valence-corrected chi connectivity index (χ4v) is 1.75. The average molecular weight is 238 g/mol. The van der Waals surface area contributed by atoms with E-state index < -0.39 is 21.0 Å². The number of hydrogen-bond acceptors (Lipinski definition) is 4. The van der Waals surface area contributed by atoms with Crippen molar-refractivity contribution in [3.05, 3.63) is 29.8 Å². The van der Waals surface area contributed by atoms with Crippen molar-refractivity contribution >= 4 is 34.9 Å². The molecule has 0 saturated heterocycles. The molecule has 0 unspecified atom stereocenters. The zero-order chi connectivity index (χ0) is 11.5. The molecule has 1 N–H and O–H groups in total. The van der Waals surface area contributed by atoms with E-state index in [9.17, 15) is 13.2 Å². The molecule has 84 valence electrons. The monoisotopic (exact) mass is 238 g/mol. The normalized spacial score (nSPS) is 10.4. The molecular weight excluding hydrogens is 227 g/mol. The average Bonchev–Trinajstić information content (AvgIpc) is 2.17. The first kappa shape index (κ1) is 15.2. The molecule has 0 aliphatic carbocycles. The molecule has 0 fully saturated rings. The molecule has 16 heavy (non-hydrogen) atoms. The van der Waals surface area contributed by atoms with E-state index in [1.807, 2.05) is 0 Å². The molecule has 0 aliphatic rings. The molecule has 5 nitrogen and oxygen atoms in total. The summed E-state index contributed by atoms with van der Waals surface area (Å²) in [6.45, 7) is 1.74. The zero-order valence-electron chi connectivity index (χ0n) is 8.00. The molecule has 0 bridgehead atoms. The van der Waals surface area contributed by atoms with E-state index in [1.54, 1.807) is 6.92 Å². The molecule has 7 heteroatoms. The molecule has 0 spiro atoms. The van der Waals surface area contributed by atoms with Crippen molar-refractivity contribution in [2.75, 3.05) is 6.61 Å². The Morgan fingerprint density at radius 1 is 1.38 bits per heavy atom. The summed E-state index contributed by atoms with van der Waals surface area (Å²) in [6, 6.07) is 5.31. The van der Waals surface area contributed by atoms with Crippen LogP contribution < -0.4 is 0 Å². The summed E-state index contributed by atoms with van der Waals surface area (Å²) in [5.41, 5.74) is -0.165. The Hall–Kier alpha value is -0.803. The Morgan fingerprint density at radius 3 is 2.44 bits per heavy atom. The number of ether oxygens (including phenoxy) is 1. The predicted molar refractivity (Wildman–Crippen MR) is 59.4 cm³/mol. The Kier molecular flexibility index (Phi) is 5.76. The van der Waals surface area contributed by atoms with Crippen LogP contribution in [0, 0.1) is 0 Å². The topological polar surface area (TPSA) is 80.7 Å². The number of esters is 1. The minimum absolute atomic E-state index is 0. The van der Waals surface area contributed by atoms with Crippen molar-refractivity contribution in [3.63, 3.8) is 0 Å². The van der Waals surface area contributed by atoms with Crippen LogP contribution in [0.1, 0.15) is 17.3 Å². The fourth-order valence-electron chi connectivity index (χ4n) is 1.07. The summed E-state index contributed by atoms with van der Waals surface area (Å²) in [4.78, 5) is 10.9. The third kappa shape index (κ3) is 3.65. The van der Waals surface area contributed by atoms with Gasteiger partial charge in [-0.2, -0.15) is 8.42 Å². The van der Waals surface area contributed by atoms with Crippen LogP contribution in [0.2, 0.25) is 0 Å². The van der Waals surface area contributed by atoms with Gasteiger partial charge in [0.05, 0.1) is 12.2 Å². The Labute approximate surface area is 106 Å². The van der Waals surface area contributed by atoms with Crippen LogP contribution in [0.4, 0.5) is 0 Å². The third-order valence-electron chi connectivity index (χ3n) is 1.66. The minimum atomic E-state index is -4.40. The Bertz CT molecular complexity index is 469. The van der Waals surface area contributed by atoms with E-state index in [0.29, 0.717) is 0 Å². The number of carbonyl (C=O) groups excluding carboxylic acids is 1. The van der Waals surface area contributed by atoms with Gasteiger partial charge in [0.1, 0.15) is 4.90 Å². The first-order chi connectivity index (χ1) is 6.96. The van der Waals surface area contributed by atoms with Crippen molar-refractivity contribution in [2.45, 2.75) is 11.8 Å². The molecular formula is C9H11LiO5S. The second-order valence-corrected chi connectivity index (χ2v) is 4.08. The van der Waals surface area contributed by atoms with E-state index in [2.05, 4.69) is 4.74 Å². The van der Waals surface area contributed by atoms with Gasteiger partial charge in [-0.15, -0.1) is 0 Å². The van der Waals surface area contributed by atoms with Crippen molar-refractivity contribution in [1.29, 1.82) is 0 Å².